The summed E-state index contributed by atoms with van der Waals surface area (Å²) in [5.74, 6) is -0.944. The molecular formula is C8H12N2O3S. The lowest BCUT2D eigenvalue weighted by molar-refractivity contribution is 0.0702. The molecule has 5 nitrogen and oxygen atoms in total. The standard InChI is InChI=1S/C8H12N2O3S/c1-2-13-4-3-9-8-10-5-6(14-8)7(11)12/h5H,2-4H2,1H3,(H,9,10)(H,11,12). The van der Waals surface area contributed by atoms with Crippen molar-refractivity contribution in [3.63, 3.8) is 0 Å². The van der Waals surface area contributed by atoms with Crippen LogP contribution in [0, 0.1) is 0 Å². The maximum atomic E-state index is 10.5. The highest BCUT2D eigenvalue weighted by Crippen LogP contribution is 2.17. The lowest BCUT2D eigenvalue weighted by atomic mass is 10.6. The third-order valence-corrected chi connectivity index (χ3v) is 2.39. The maximum Gasteiger partial charge on any atom is 0.347 e. The lowest BCUT2D eigenvalue weighted by Gasteiger charge is -2.01. The van der Waals surface area contributed by atoms with Crippen LogP contribution in [0.25, 0.3) is 0 Å². The fourth-order valence-electron chi connectivity index (χ4n) is 0.829. The van der Waals surface area contributed by atoms with Crippen LogP contribution in [0.5, 0.6) is 0 Å². The maximum absolute atomic E-state index is 10.5. The molecule has 0 spiro atoms. The molecule has 0 aliphatic heterocycles. The fourth-order valence-corrected chi connectivity index (χ4v) is 1.51. The SMILES string of the molecule is CCOCCNc1ncc(C(=O)O)s1. The largest absolute Gasteiger partial charge is 0.477 e. The van der Waals surface area contributed by atoms with E-state index in [-0.39, 0.29) is 4.88 Å². The van der Waals surface area contributed by atoms with Gasteiger partial charge < -0.3 is 15.2 Å². The molecule has 6 heteroatoms. The van der Waals surface area contributed by atoms with Gasteiger partial charge in [0, 0.05) is 13.2 Å². The first-order chi connectivity index (χ1) is 6.74. The van der Waals surface area contributed by atoms with E-state index in [1.807, 2.05) is 6.92 Å². The summed E-state index contributed by atoms with van der Waals surface area (Å²) in [5.41, 5.74) is 0. The molecule has 1 rings (SSSR count). The fraction of sp³-hybridized carbons (Fsp3) is 0.500. The molecule has 14 heavy (non-hydrogen) atoms. The summed E-state index contributed by atoms with van der Waals surface area (Å²) in [5, 5.41) is 12.2. The Bertz CT molecular complexity index is 301. The number of hydrogen-bond donors (Lipinski definition) is 2. The molecule has 0 aliphatic carbocycles. The Morgan fingerprint density at radius 3 is 3.14 bits per heavy atom. The van der Waals surface area contributed by atoms with Gasteiger partial charge in [-0.05, 0) is 6.92 Å². The van der Waals surface area contributed by atoms with Crippen LogP contribution in [-0.2, 0) is 4.74 Å². The van der Waals surface area contributed by atoms with Crippen LogP contribution in [0.4, 0.5) is 5.13 Å². The van der Waals surface area contributed by atoms with Gasteiger partial charge in [0.1, 0.15) is 4.88 Å². The summed E-state index contributed by atoms with van der Waals surface area (Å²) in [6.07, 6.45) is 1.34. The van der Waals surface area contributed by atoms with Crippen molar-refractivity contribution in [1.82, 2.24) is 4.98 Å². The minimum atomic E-state index is -0.944. The molecule has 0 saturated heterocycles. The van der Waals surface area contributed by atoms with Crippen molar-refractivity contribution in [2.75, 3.05) is 25.1 Å². The number of nitrogens with zero attached hydrogens (tertiary/aromatic N) is 1. The minimum absolute atomic E-state index is 0.240. The molecular weight excluding hydrogens is 204 g/mol. The zero-order valence-electron chi connectivity index (χ0n) is 7.82. The number of carboxylic acid groups (broad SMARTS) is 1. The summed E-state index contributed by atoms with van der Waals surface area (Å²) < 4.78 is 5.11. The Morgan fingerprint density at radius 2 is 2.57 bits per heavy atom. The summed E-state index contributed by atoms with van der Waals surface area (Å²) >= 11 is 1.12. The number of carbonyl (C=O) groups is 1. The molecule has 1 aromatic heterocycles. The van der Waals surface area contributed by atoms with Gasteiger partial charge in [0.2, 0.25) is 0 Å². The highest BCUT2D eigenvalue weighted by atomic mass is 32.1. The van der Waals surface area contributed by atoms with Crippen LogP contribution in [0.3, 0.4) is 0 Å². The summed E-state index contributed by atoms with van der Waals surface area (Å²) in [4.78, 5) is 14.7. The monoisotopic (exact) mass is 216 g/mol. The van der Waals surface area contributed by atoms with Gasteiger partial charge in [-0.25, -0.2) is 9.78 Å². The number of ether oxygens (including phenoxy) is 1. The predicted molar refractivity (Wildman–Crippen MR) is 54.1 cm³/mol. The number of rotatable bonds is 6. The molecule has 0 unspecified atom stereocenters. The minimum Gasteiger partial charge on any atom is -0.477 e. The molecule has 0 amide bonds. The second-order valence-electron chi connectivity index (χ2n) is 2.46. The molecule has 0 atom stereocenters. The Hall–Kier alpha value is -1.14. The van der Waals surface area contributed by atoms with Gasteiger partial charge in [-0.2, -0.15) is 0 Å². The van der Waals surface area contributed by atoms with Crippen molar-refractivity contribution >= 4 is 22.4 Å². The molecule has 0 bridgehead atoms. The smallest absolute Gasteiger partial charge is 0.347 e. The van der Waals surface area contributed by atoms with E-state index in [1.54, 1.807) is 0 Å². The van der Waals surface area contributed by atoms with E-state index in [1.165, 1.54) is 6.20 Å². The third-order valence-electron chi connectivity index (χ3n) is 1.44. The molecule has 0 fully saturated rings. The number of thiazole rings is 1. The second kappa shape index (κ2) is 5.56. The summed E-state index contributed by atoms with van der Waals surface area (Å²) in [6, 6.07) is 0. The highest BCUT2D eigenvalue weighted by Gasteiger charge is 2.07. The van der Waals surface area contributed by atoms with Crippen molar-refractivity contribution in [1.29, 1.82) is 0 Å². The van der Waals surface area contributed by atoms with Gasteiger partial charge in [0.05, 0.1) is 12.8 Å². The van der Waals surface area contributed by atoms with E-state index in [2.05, 4.69) is 10.3 Å². The first-order valence-electron chi connectivity index (χ1n) is 4.24. The van der Waals surface area contributed by atoms with Gasteiger partial charge in [-0.15, -0.1) is 0 Å². The number of carboxylic acids is 1. The third kappa shape index (κ3) is 3.31. The molecule has 2 N–H and O–H groups in total. The average Bonchev–Trinajstić information content (AvgIpc) is 2.61. The number of anilines is 1. The summed E-state index contributed by atoms with van der Waals surface area (Å²) in [7, 11) is 0. The van der Waals surface area contributed by atoms with Crippen LogP contribution in [-0.4, -0.2) is 35.8 Å². The molecule has 0 aromatic carbocycles. The number of aromatic nitrogens is 1. The van der Waals surface area contributed by atoms with E-state index in [0.717, 1.165) is 11.3 Å². The van der Waals surface area contributed by atoms with Crippen molar-refractivity contribution < 1.29 is 14.6 Å². The predicted octanol–water partition coefficient (Wildman–Crippen LogP) is 1.29. The van der Waals surface area contributed by atoms with Gasteiger partial charge in [-0.3, -0.25) is 0 Å². The Morgan fingerprint density at radius 1 is 1.79 bits per heavy atom. The molecule has 0 radical (unpaired) electrons. The van der Waals surface area contributed by atoms with Gasteiger partial charge in [0.15, 0.2) is 5.13 Å². The Balaban J connectivity index is 2.33. The van der Waals surface area contributed by atoms with Crippen LogP contribution in [0.2, 0.25) is 0 Å². The first kappa shape index (κ1) is 10.9. The van der Waals surface area contributed by atoms with Crippen molar-refractivity contribution in [3.8, 4) is 0 Å². The number of hydrogen-bond acceptors (Lipinski definition) is 5. The van der Waals surface area contributed by atoms with Crippen LogP contribution < -0.4 is 5.32 Å². The Labute approximate surface area is 85.7 Å². The van der Waals surface area contributed by atoms with Crippen molar-refractivity contribution in [2.45, 2.75) is 6.92 Å². The van der Waals surface area contributed by atoms with Crippen LogP contribution in [0.1, 0.15) is 16.6 Å². The van der Waals surface area contributed by atoms with Crippen molar-refractivity contribution in [3.05, 3.63) is 11.1 Å². The highest BCUT2D eigenvalue weighted by molar-refractivity contribution is 7.17. The van der Waals surface area contributed by atoms with E-state index < -0.39 is 5.97 Å². The van der Waals surface area contributed by atoms with Crippen LogP contribution in [0.15, 0.2) is 6.20 Å². The van der Waals surface area contributed by atoms with E-state index >= 15 is 0 Å². The topological polar surface area (TPSA) is 71.5 Å². The molecule has 1 aromatic rings. The summed E-state index contributed by atoms with van der Waals surface area (Å²) in [6.45, 7) is 3.84. The zero-order valence-corrected chi connectivity index (χ0v) is 8.63. The number of aromatic carboxylic acids is 1. The van der Waals surface area contributed by atoms with Crippen LogP contribution >= 0.6 is 11.3 Å². The first-order valence-corrected chi connectivity index (χ1v) is 5.06. The molecule has 1 heterocycles. The molecule has 78 valence electrons. The zero-order chi connectivity index (χ0) is 10.4. The lowest BCUT2D eigenvalue weighted by Crippen LogP contribution is -2.08. The van der Waals surface area contributed by atoms with E-state index in [4.69, 9.17) is 9.84 Å². The second-order valence-corrected chi connectivity index (χ2v) is 3.49. The van der Waals surface area contributed by atoms with Crippen molar-refractivity contribution in [2.24, 2.45) is 0 Å². The quantitative estimate of drug-likeness (QED) is 0.701. The molecule has 0 saturated carbocycles. The Kier molecular flexibility index (Phi) is 4.34. The average molecular weight is 216 g/mol. The van der Waals surface area contributed by atoms with Gasteiger partial charge in [-0.1, -0.05) is 11.3 Å². The van der Waals surface area contributed by atoms with Gasteiger partial charge in [0.25, 0.3) is 0 Å². The van der Waals surface area contributed by atoms with Gasteiger partial charge >= 0.3 is 5.97 Å². The number of nitrogens with one attached hydrogen (secondary N) is 1. The normalized spacial score (nSPS) is 10.1. The van der Waals surface area contributed by atoms with E-state index in [9.17, 15) is 4.79 Å². The van der Waals surface area contributed by atoms with E-state index in [0.29, 0.717) is 24.9 Å². The molecule has 0 aliphatic rings.